The molecule has 1 aliphatic rings. The Morgan fingerprint density at radius 3 is 2.77 bits per heavy atom. The second-order valence-electron chi connectivity index (χ2n) is 5.60. The van der Waals surface area contributed by atoms with Crippen molar-refractivity contribution in [3.8, 4) is 0 Å². The topological polar surface area (TPSA) is 70.7 Å². The van der Waals surface area contributed by atoms with Gasteiger partial charge in [0.05, 0.1) is 5.92 Å². The molecule has 0 spiro atoms. The van der Waals surface area contributed by atoms with Crippen LogP contribution in [0.5, 0.6) is 0 Å². The van der Waals surface area contributed by atoms with Crippen LogP contribution in [0.25, 0.3) is 11.0 Å². The maximum atomic E-state index is 12.8. The van der Waals surface area contributed by atoms with E-state index in [-0.39, 0.29) is 18.7 Å². The minimum atomic E-state index is -4.19. The predicted octanol–water partition coefficient (Wildman–Crippen LogP) is 2.81. The van der Waals surface area contributed by atoms with Gasteiger partial charge in [-0.2, -0.15) is 28.6 Å². The lowest BCUT2D eigenvalue weighted by molar-refractivity contribution is -0.183. The molecule has 118 valence electrons. The Hall–Kier alpha value is -2.12. The van der Waals surface area contributed by atoms with Crippen LogP contribution < -0.4 is 5.32 Å². The van der Waals surface area contributed by atoms with Crippen molar-refractivity contribution in [3.05, 3.63) is 23.8 Å². The maximum absolute atomic E-state index is 12.8. The molecule has 2 N–H and O–H groups in total. The van der Waals surface area contributed by atoms with Crippen molar-refractivity contribution in [2.24, 2.45) is 5.92 Å². The summed E-state index contributed by atoms with van der Waals surface area (Å²) in [6.45, 7) is 0. The number of hydrogen-bond donors (Lipinski definition) is 2. The molecule has 8 heteroatoms. The number of H-pyrrole nitrogens is 1. The molecular weight excluding hydrogens is 297 g/mol. The van der Waals surface area contributed by atoms with Gasteiger partial charge in [0.2, 0.25) is 0 Å². The average Bonchev–Trinajstić information content (AvgIpc) is 2.94. The highest BCUT2D eigenvalue weighted by molar-refractivity contribution is 5.97. The van der Waals surface area contributed by atoms with Crippen molar-refractivity contribution in [3.63, 3.8) is 0 Å². The molecule has 0 saturated heterocycles. The summed E-state index contributed by atoms with van der Waals surface area (Å²) >= 11 is 0. The van der Waals surface area contributed by atoms with Gasteiger partial charge in [-0.1, -0.05) is 6.42 Å². The Labute approximate surface area is 124 Å². The molecule has 5 nitrogen and oxygen atoms in total. The SMILES string of the molecule is O=C(N[C@@H]1CCC[C@H](C(F)(F)F)C1)c1ccc2n[nH]nc2c1. The molecule has 3 rings (SSSR count). The Bertz CT molecular complexity index is 682. The van der Waals surface area contributed by atoms with Gasteiger partial charge in [-0.15, -0.1) is 0 Å². The number of fused-ring (bicyclic) bond motifs is 1. The molecule has 0 unspecified atom stereocenters. The van der Waals surface area contributed by atoms with Crippen LogP contribution in [0.4, 0.5) is 13.2 Å². The zero-order chi connectivity index (χ0) is 15.7. The van der Waals surface area contributed by atoms with Gasteiger partial charge in [0.25, 0.3) is 5.91 Å². The summed E-state index contributed by atoms with van der Waals surface area (Å²) in [5.74, 6) is -1.71. The molecule has 2 aromatic rings. The number of amides is 1. The number of aromatic nitrogens is 3. The molecule has 1 aromatic heterocycles. The van der Waals surface area contributed by atoms with Crippen LogP contribution in [0.3, 0.4) is 0 Å². The van der Waals surface area contributed by atoms with Crippen LogP contribution in [0, 0.1) is 5.92 Å². The van der Waals surface area contributed by atoms with Crippen molar-refractivity contribution >= 4 is 16.9 Å². The molecule has 1 heterocycles. The predicted molar refractivity (Wildman–Crippen MR) is 73.2 cm³/mol. The van der Waals surface area contributed by atoms with Gasteiger partial charge >= 0.3 is 6.18 Å². The molecular formula is C14H15F3N4O. The minimum absolute atomic E-state index is 0.0541. The lowest BCUT2D eigenvalue weighted by atomic mass is 9.85. The fourth-order valence-corrected chi connectivity index (χ4v) is 2.87. The first-order chi connectivity index (χ1) is 10.4. The Morgan fingerprint density at radius 1 is 1.23 bits per heavy atom. The highest BCUT2D eigenvalue weighted by atomic mass is 19.4. The van der Waals surface area contributed by atoms with E-state index >= 15 is 0 Å². The van der Waals surface area contributed by atoms with E-state index in [1.807, 2.05) is 0 Å². The zero-order valence-corrected chi connectivity index (χ0v) is 11.7. The van der Waals surface area contributed by atoms with Crippen molar-refractivity contribution in [1.82, 2.24) is 20.7 Å². The van der Waals surface area contributed by atoms with E-state index in [0.717, 1.165) is 0 Å². The molecule has 1 amide bonds. The van der Waals surface area contributed by atoms with E-state index in [1.165, 1.54) is 0 Å². The summed E-state index contributed by atoms with van der Waals surface area (Å²) in [5, 5.41) is 12.9. The number of nitrogens with zero attached hydrogens (tertiary/aromatic N) is 2. The first kappa shape index (κ1) is 14.8. The van der Waals surface area contributed by atoms with Crippen molar-refractivity contribution in [1.29, 1.82) is 0 Å². The number of nitrogens with one attached hydrogen (secondary N) is 2. The smallest absolute Gasteiger partial charge is 0.349 e. The second-order valence-corrected chi connectivity index (χ2v) is 5.60. The number of aromatic amines is 1. The lowest BCUT2D eigenvalue weighted by Gasteiger charge is -2.31. The third-order valence-electron chi connectivity index (χ3n) is 4.05. The van der Waals surface area contributed by atoms with Crippen LogP contribution in [0.2, 0.25) is 0 Å². The molecule has 22 heavy (non-hydrogen) atoms. The molecule has 1 aromatic carbocycles. The molecule has 1 saturated carbocycles. The highest BCUT2D eigenvalue weighted by Gasteiger charge is 2.42. The minimum Gasteiger partial charge on any atom is -0.349 e. The Kier molecular flexibility index (Phi) is 3.76. The molecule has 2 atom stereocenters. The van der Waals surface area contributed by atoms with Gasteiger partial charge in [0.1, 0.15) is 11.0 Å². The monoisotopic (exact) mass is 312 g/mol. The number of rotatable bonds is 2. The summed E-state index contributed by atoms with van der Waals surface area (Å²) in [6.07, 6.45) is -3.06. The standard InChI is InChI=1S/C14H15F3N4O/c15-14(16,17)9-2-1-3-10(7-9)18-13(22)8-4-5-11-12(6-8)20-21-19-11/h4-6,9-10H,1-3,7H2,(H,18,22)(H,19,20,21)/t9-,10+/m0/s1. The summed E-state index contributed by atoms with van der Waals surface area (Å²) in [4.78, 5) is 12.2. The molecule has 0 aliphatic heterocycles. The quantitative estimate of drug-likeness (QED) is 0.896. The van der Waals surface area contributed by atoms with Crippen molar-refractivity contribution in [2.75, 3.05) is 0 Å². The maximum Gasteiger partial charge on any atom is 0.391 e. The lowest BCUT2D eigenvalue weighted by Crippen LogP contribution is -2.41. The summed E-state index contributed by atoms with van der Waals surface area (Å²) < 4.78 is 38.3. The van der Waals surface area contributed by atoms with Gasteiger partial charge < -0.3 is 5.32 Å². The summed E-state index contributed by atoms with van der Waals surface area (Å²) in [7, 11) is 0. The first-order valence-electron chi connectivity index (χ1n) is 7.11. The third-order valence-corrected chi connectivity index (χ3v) is 4.05. The molecule has 0 bridgehead atoms. The zero-order valence-electron chi connectivity index (χ0n) is 11.7. The Morgan fingerprint density at radius 2 is 2.00 bits per heavy atom. The third kappa shape index (κ3) is 3.05. The normalized spacial score (nSPS) is 22.7. The largest absolute Gasteiger partial charge is 0.391 e. The van der Waals surface area contributed by atoms with Gasteiger partial charge in [-0.05, 0) is 37.5 Å². The molecule has 1 aliphatic carbocycles. The number of carbonyl (C=O) groups is 1. The van der Waals surface area contributed by atoms with Crippen LogP contribution in [0.1, 0.15) is 36.0 Å². The van der Waals surface area contributed by atoms with Gasteiger partial charge in [-0.3, -0.25) is 4.79 Å². The van der Waals surface area contributed by atoms with E-state index in [4.69, 9.17) is 0 Å². The average molecular weight is 312 g/mol. The number of benzene rings is 1. The van der Waals surface area contributed by atoms with Crippen LogP contribution in [-0.2, 0) is 0 Å². The van der Waals surface area contributed by atoms with E-state index < -0.39 is 18.1 Å². The highest BCUT2D eigenvalue weighted by Crippen LogP contribution is 2.37. The number of halogens is 3. The fraction of sp³-hybridized carbons (Fsp3) is 0.500. The second kappa shape index (κ2) is 5.58. The molecule has 1 fully saturated rings. The van der Waals surface area contributed by atoms with Crippen LogP contribution in [0.15, 0.2) is 18.2 Å². The van der Waals surface area contributed by atoms with Crippen molar-refractivity contribution < 1.29 is 18.0 Å². The van der Waals surface area contributed by atoms with E-state index in [2.05, 4.69) is 20.7 Å². The fourth-order valence-electron chi connectivity index (χ4n) is 2.87. The van der Waals surface area contributed by atoms with Gasteiger partial charge in [0, 0.05) is 11.6 Å². The number of alkyl halides is 3. The first-order valence-corrected chi connectivity index (χ1v) is 7.11. The van der Waals surface area contributed by atoms with E-state index in [0.29, 0.717) is 29.4 Å². The van der Waals surface area contributed by atoms with E-state index in [1.54, 1.807) is 18.2 Å². The van der Waals surface area contributed by atoms with Gasteiger partial charge in [0.15, 0.2) is 0 Å². The number of hydrogen-bond acceptors (Lipinski definition) is 3. The number of carbonyl (C=O) groups excluding carboxylic acids is 1. The summed E-state index contributed by atoms with van der Waals surface area (Å²) in [6, 6.07) is 4.36. The summed E-state index contributed by atoms with van der Waals surface area (Å²) in [5.41, 5.74) is 1.55. The molecule has 0 radical (unpaired) electrons. The van der Waals surface area contributed by atoms with Crippen molar-refractivity contribution in [2.45, 2.75) is 37.9 Å². The van der Waals surface area contributed by atoms with Crippen LogP contribution in [-0.4, -0.2) is 33.5 Å². The van der Waals surface area contributed by atoms with Crippen LogP contribution >= 0.6 is 0 Å². The van der Waals surface area contributed by atoms with Gasteiger partial charge in [-0.25, -0.2) is 0 Å². The van der Waals surface area contributed by atoms with E-state index in [9.17, 15) is 18.0 Å². The Balaban J connectivity index is 1.68.